The largest absolute Gasteiger partial charge is 0.240 e. The van der Waals surface area contributed by atoms with Gasteiger partial charge in [-0.05, 0) is 43.7 Å². The lowest BCUT2D eigenvalue weighted by atomic mass is 9.96. The second-order valence-corrected chi connectivity index (χ2v) is 7.35. The molecular weight excluding hydrogens is 246 g/mol. The van der Waals surface area contributed by atoms with E-state index in [1.54, 1.807) is 12.1 Å². The maximum absolute atomic E-state index is 12.3. The van der Waals surface area contributed by atoms with Gasteiger partial charge in [0.25, 0.3) is 0 Å². The van der Waals surface area contributed by atoms with Crippen molar-refractivity contribution < 1.29 is 8.42 Å². The summed E-state index contributed by atoms with van der Waals surface area (Å²) in [6.07, 6.45) is 4.64. The van der Waals surface area contributed by atoms with E-state index in [-0.39, 0.29) is 6.04 Å². The lowest BCUT2D eigenvalue weighted by Gasteiger charge is -2.22. The smallest absolute Gasteiger partial charge is 0.208 e. The predicted molar refractivity (Wildman–Crippen MR) is 70.7 cm³/mol. The standard InChI is InChI=1S/C14H19NO2S/c1-10-5-7-12(8-6-10)18(16,17)15-14-4-2-3-11-9-13(11)14/h5-8,11,13-15H,2-4,9H2,1H3/t11-,13+,14-/m1/s1. The number of nitrogens with one attached hydrogen (secondary N) is 1. The summed E-state index contributed by atoms with van der Waals surface area (Å²) in [5.41, 5.74) is 1.08. The molecule has 18 heavy (non-hydrogen) atoms. The molecule has 1 N–H and O–H groups in total. The van der Waals surface area contributed by atoms with Crippen LogP contribution >= 0.6 is 0 Å². The molecule has 0 radical (unpaired) electrons. The van der Waals surface area contributed by atoms with Gasteiger partial charge in [0.15, 0.2) is 0 Å². The van der Waals surface area contributed by atoms with E-state index in [9.17, 15) is 8.42 Å². The van der Waals surface area contributed by atoms with Crippen molar-refractivity contribution in [1.82, 2.24) is 4.72 Å². The van der Waals surface area contributed by atoms with Crippen molar-refractivity contribution in [3.63, 3.8) is 0 Å². The highest BCUT2D eigenvalue weighted by molar-refractivity contribution is 7.89. The molecule has 2 aliphatic rings. The van der Waals surface area contributed by atoms with Crippen molar-refractivity contribution in [1.29, 1.82) is 0 Å². The second-order valence-electron chi connectivity index (χ2n) is 5.63. The van der Waals surface area contributed by atoms with Crippen LogP contribution in [0.5, 0.6) is 0 Å². The Bertz CT molecular complexity index is 535. The number of sulfonamides is 1. The Morgan fingerprint density at radius 1 is 1.17 bits per heavy atom. The number of hydrogen-bond acceptors (Lipinski definition) is 2. The summed E-state index contributed by atoms with van der Waals surface area (Å²) in [6, 6.07) is 7.22. The molecule has 0 amide bonds. The monoisotopic (exact) mass is 265 g/mol. The molecule has 0 aromatic heterocycles. The molecular formula is C14H19NO2S. The summed E-state index contributed by atoms with van der Waals surface area (Å²) in [4.78, 5) is 0.385. The van der Waals surface area contributed by atoms with E-state index in [1.807, 2.05) is 19.1 Å². The fourth-order valence-electron chi connectivity index (χ4n) is 3.04. The van der Waals surface area contributed by atoms with Crippen LogP contribution in [0.4, 0.5) is 0 Å². The average molecular weight is 265 g/mol. The Morgan fingerprint density at radius 2 is 1.89 bits per heavy atom. The summed E-state index contributed by atoms with van der Waals surface area (Å²) in [5, 5.41) is 0. The summed E-state index contributed by atoms with van der Waals surface area (Å²) in [7, 11) is -3.33. The predicted octanol–water partition coefficient (Wildman–Crippen LogP) is 2.46. The molecule has 3 atom stereocenters. The fourth-order valence-corrected chi connectivity index (χ4v) is 4.36. The normalized spacial score (nSPS) is 30.8. The molecule has 0 saturated heterocycles. The van der Waals surface area contributed by atoms with E-state index in [1.165, 1.54) is 12.8 Å². The van der Waals surface area contributed by atoms with Gasteiger partial charge in [-0.3, -0.25) is 0 Å². The molecule has 0 heterocycles. The van der Waals surface area contributed by atoms with E-state index < -0.39 is 10.0 Å². The number of hydrogen-bond donors (Lipinski definition) is 1. The zero-order valence-electron chi connectivity index (χ0n) is 10.6. The fraction of sp³-hybridized carbons (Fsp3) is 0.571. The van der Waals surface area contributed by atoms with Crippen molar-refractivity contribution >= 4 is 10.0 Å². The van der Waals surface area contributed by atoms with E-state index in [0.717, 1.165) is 24.3 Å². The van der Waals surface area contributed by atoms with Gasteiger partial charge in [0.2, 0.25) is 10.0 Å². The lowest BCUT2D eigenvalue weighted by Crippen LogP contribution is -2.38. The van der Waals surface area contributed by atoms with Gasteiger partial charge in [0, 0.05) is 6.04 Å². The maximum atomic E-state index is 12.3. The molecule has 3 rings (SSSR count). The van der Waals surface area contributed by atoms with E-state index in [0.29, 0.717) is 10.8 Å². The molecule has 1 aromatic rings. The van der Waals surface area contributed by atoms with Gasteiger partial charge < -0.3 is 0 Å². The quantitative estimate of drug-likeness (QED) is 0.912. The molecule has 4 heteroatoms. The van der Waals surface area contributed by atoms with Gasteiger partial charge in [-0.2, -0.15) is 0 Å². The SMILES string of the molecule is Cc1ccc(S(=O)(=O)N[C@@H]2CCC[C@@H]3C[C@@H]32)cc1. The number of rotatable bonds is 3. The van der Waals surface area contributed by atoms with E-state index in [4.69, 9.17) is 0 Å². The van der Waals surface area contributed by atoms with Crippen molar-refractivity contribution in [2.45, 2.75) is 43.5 Å². The summed E-state index contributed by atoms with van der Waals surface area (Å²) >= 11 is 0. The van der Waals surface area contributed by atoms with Crippen LogP contribution in [0.2, 0.25) is 0 Å². The number of fused-ring (bicyclic) bond motifs is 1. The molecule has 1 aromatic carbocycles. The van der Waals surface area contributed by atoms with E-state index >= 15 is 0 Å². The molecule has 0 unspecified atom stereocenters. The van der Waals surface area contributed by atoms with Crippen LogP contribution < -0.4 is 4.72 Å². The first-order valence-corrected chi connectivity index (χ1v) is 8.13. The zero-order chi connectivity index (χ0) is 12.8. The Hall–Kier alpha value is -0.870. The molecule has 0 bridgehead atoms. The summed E-state index contributed by atoms with van der Waals surface area (Å²) < 4.78 is 27.4. The molecule has 98 valence electrons. The zero-order valence-corrected chi connectivity index (χ0v) is 11.4. The lowest BCUT2D eigenvalue weighted by molar-refractivity contribution is 0.391. The van der Waals surface area contributed by atoms with Crippen molar-refractivity contribution in [2.75, 3.05) is 0 Å². The highest BCUT2D eigenvalue weighted by Crippen LogP contribution is 2.49. The third-order valence-electron chi connectivity index (χ3n) is 4.22. The van der Waals surface area contributed by atoms with Gasteiger partial charge in [0.1, 0.15) is 0 Å². The number of aryl methyl sites for hydroxylation is 1. The van der Waals surface area contributed by atoms with Gasteiger partial charge >= 0.3 is 0 Å². The Kier molecular flexibility index (Phi) is 2.94. The van der Waals surface area contributed by atoms with Gasteiger partial charge in [0.05, 0.1) is 4.90 Å². The van der Waals surface area contributed by atoms with Crippen LogP contribution in [-0.4, -0.2) is 14.5 Å². The Labute approximate surface area is 109 Å². The minimum Gasteiger partial charge on any atom is -0.208 e. The maximum Gasteiger partial charge on any atom is 0.240 e. The Balaban J connectivity index is 1.76. The van der Waals surface area contributed by atoms with E-state index in [2.05, 4.69) is 4.72 Å². The first kappa shape index (κ1) is 12.2. The minimum absolute atomic E-state index is 0.162. The highest BCUT2D eigenvalue weighted by Gasteiger charge is 2.46. The molecule has 0 aliphatic heterocycles. The van der Waals surface area contributed by atoms with Crippen LogP contribution in [-0.2, 0) is 10.0 Å². The molecule has 3 nitrogen and oxygen atoms in total. The molecule has 2 aliphatic carbocycles. The first-order chi connectivity index (χ1) is 8.56. The molecule has 0 spiro atoms. The van der Waals surface area contributed by atoms with Crippen LogP contribution in [0.3, 0.4) is 0 Å². The van der Waals surface area contributed by atoms with Crippen molar-refractivity contribution in [3.8, 4) is 0 Å². The highest BCUT2D eigenvalue weighted by atomic mass is 32.2. The second kappa shape index (κ2) is 4.35. The minimum atomic E-state index is -3.33. The topological polar surface area (TPSA) is 46.2 Å². The Morgan fingerprint density at radius 3 is 2.61 bits per heavy atom. The third kappa shape index (κ3) is 2.31. The third-order valence-corrected chi connectivity index (χ3v) is 5.73. The average Bonchev–Trinajstić information content (AvgIpc) is 3.09. The number of benzene rings is 1. The van der Waals surface area contributed by atoms with Gasteiger partial charge in [-0.25, -0.2) is 13.1 Å². The van der Waals surface area contributed by atoms with Crippen LogP contribution in [0.15, 0.2) is 29.2 Å². The molecule has 2 fully saturated rings. The summed E-state index contributed by atoms with van der Waals surface area (Å²) in [5.74, 6) is 1.38. The van der Waals surface area contributed by atoms with Gasteiger partial charge in [-0.1, -0.05) is 30.5 Å². The van der Waals surface area contributed by atoms with Gasteiger partial charge in [-0.15, -0.1) is 0 Å². The molecule has 2 saturated carbocycles. The van der Waals surface area contributed by atoms with Crippen LogP contribution in [0, 0.1) is 18.8 Å². The first-order valence-electron chi connectivity index (χ1n) is 6.65. The van der Waals surface area contributed by atoms with Crippen molar-refractivity contribution in [2.24, 2.45) is 11.8 Å². The van der Waals surface area contributed by atoms with Crippen LogP contribution in [0.25, 0.3) is 0 Å². The van der Waals surface area contributed by atoms with Crippen molar-refractivity contribution in [3.05, 3.63) is 29.8 Å². The summed E-state index contributed by atoms with van der Waals surface area (Å²) in [6.45, 7) is 1.96. The van der Waals surface area contributed by atoms with Crippen LogP contribution in [0.1, 0.15) is 31.2 Å².